The largest absolute Gasteiger partial charge is 0.489 e. The van der Waals surface area contributed by atoms with Crippen LogP contribution in [0.3, 0.4) is 0 Å². The van der Waals surface area contributed by atoms with E-state index in [0.29, 0.717) is 23.9 Å². The summed E-state index contributed by atoms with van der Waals surface area (Å²) in [4.78, 5) is 13.3. The van der Waals surface area contributed by atoms with Gasteiger partial charge in [-0.3, -0.25) is 4.79 Å². The molecular formula is C14H18BrClN4O2. The third-order valence-electron chi connectivity index (χ3n) is 3.37. The van der Waals surface area contributed by atoms with Gasteiger partial charge in [-0.2, -0.15) is 5.10 Å². The molecule has 0 spiro atoms. The number of nitrogens with two attached hydrogens (primary N) is 1. The number of halogens is 2. The van der Waals surface area contributed by atoms with Crippen LogP contribution in [0.4, 0.5) is 0 Å². The number of nitrogens with one attached hydrogen (secondary N) is 1. The van der Waals surface area contributed by atoms with E-state index in [1.165, 1.54) is 0 Å². The predicted molar refractivity (Wildman–Crippen MR) is 90.1 cm³/mol. The molecule has 0 aromatic heterocycles. The number of rotatable bonds is 3. The molecule has 0 bridgehead atoms. The summed E-state index contributed by atoms with van der Waals surface area (Å²) >= 11 is 9.53. The number of ether oxygens (including phenoxy) is 1. The van der Waals surface area contributed by atoms with E-state index in [0.717, 1.165) is 17.3 Å². The van der Waals surface area contributed by atoms with Crippen molar-refractivity contribution in [3.63, 3.8) is 0 Å². The van der Waals surface area contributed by atoms with Crippen molar-refractivity contribution >= 4 is 39.3 Å². The number of nitrogens with zero attached hydrogens (tertiary/aromatic N) is 2. The number of carbonyl (C=O) groups is 1. The van der Waals surface area contributed by atoms with Gasteiger partial charge in [-0.05, 0) is 18.2 Å². The van der Waals surface area contributed by atoms with Gasteiger partial charge in [0.05, 0.1) is 5.02 Å². The zero-order chi connectivity index (χ0) is 16.1. The average Bonchev–Trinajstić information content (AvgIpc) is 2.49. The number of amidine groups is 1. The molecule has 1 aliphatic rings. The Bertz CT molecular complexity index is 574. The maximum atomic E-state index is 11.4. The molecule has 2 rings (SSSR count). The van der Waals surface area contributed by atoms with Crippen molar-refractivity contribution in [1.82, 2.24) is 10.3 Å². The van der Waals surface area contributed by atoms with Crippen LogP contribution in [0.5, 0.6) is 5.75 Å². The highest BCUT2D eigenvalue weighted by Gasteiger charge is 2.25. The van der Waals surface area contributed by atoms with Gasteiger partial charge in [-0.15, -0.1) is 0 Å². The first-order valence-electron chi connectivity index (χ1n) is 6.92. The Labute approximate surface area is 142 Å². The van der Waals surface area contributed by atoms with E-state index < -0.39 is 5.91 Å². The van der Waals surface area contributed by atoms with E-state index in [1.54, 1.807) is 13.1 Å². The number of amides is 1. The van der Waals surface area contributed by atoms with Crippen molar-refractivity contribution < 1.29 is 9.53 Å². The Morgan fingerprint density at radius 2 is 2.18 bits per heavy atom. The maximum absolute atomic E-state index is 11.4. The predicted octanol–water partition coefficient (Wildman–Crippen LogP) is 1.96. The van der Waals surface area contributed by atoms with Gasteiger partial charge in [0.1, 0.15) is 11.9 Å². The van der Waals surface area contributed by atoms with Gasteiger partial charge in [0.15, 0.2) is 0 Å². The van der Waals surface area contributed by atoms with E-state index in [1.807, 2.05) is 17.0 Å². The molecule has 0 radical (unpaired) electrons. The van der Waals surface area contributed by atoms with Crippen LogP contribution in [0.15, 0.2) is 27.8 Å². The number of hydrogen-bond acceptors (Lipinski definition) is 4. The molecule has 1 aliphatic heterocycles. The second-order valence-corrected chi connectivity index (χ2v) is 6.23. The zero-order valence-electron chi connectivity index (χ0n) is 12.2. The van der Waals surface area contributed by atoms with E-state index in [-0.39, 0.29) is 11.9 Å². The highest BCUT2D eigenvalue weighted by molar-refractivity contribution is 9.10. The second kappa shape index (κ2) is 7.69. The van der Waals surface area contributed by atoms with Gasteiger partial charge in [0, 0.05) is 37.5 Å². The van der Waals surface area contributed by atoms with Crippen LogP contribution in [0.1, 0.15) is 12.8 Å². The topological polar surface area (TPSA) is 79.9 Å². The molecule has 1 fully saturated rings. The summed E-state index contributed by atoms with van der Waals surface area (Å²) in [5.41, 5.74) is 7.95. The fraction of sp³-hybridized carbons (Fsp3) is 0.429. The first kappa shape index (κ1) is 16.9. The molecule has 8 heteroatoms. The van der Waals surface area contributed by atoms with Crippen molar-refractivity contribution in [1.29, 1.82) is 0 Å². The summed E-state index contributed by atoms with van der Waals surface area (Å²) in [7, 11) is 1.63. The number of piperidine rings is 1. The van der Waals surface area contributed by atoms with Gasteiger partial charge in [0.25, 0.3) is 5.91 Å². The van der Waals surface area contributed by atoms with Gasteiger partial charge >= 0.3 is 0 Å². The minimum atomic E-state index is -0.538. The van der Waals surface area contributed by atoms with E-state index in [2.05, 4.69) is 26.5 Å². The van der Waals surface area contributed by atoms with Crippen molar-refractivity contribution in [2.24, 2.45) is 10.8 Å². The van der Waals surface area contributed by atoms with Crippen LogP contribution in [-0.2, 0) is 4.79 Å². The Balaban J connectivity index is 1.96. The minimum Gasteiger partial charge on any atom is -0.489 e. The summed E-state index contributed by atoms with van der Waals surface area (Å²) < 4.78 is 6.87. The monoisotopic (exact) mass is 388 g/mol. The second-order valence-electron chi connectivity index (χ2n) is 4.90. The Morgan fingerprint density at radius 1 is 1.50 bits per heavy atom. The molecular weight excluding hydrogens is 372 g/mol. The van der Waals surface area contributed by atoms with Crippen molar-refractivity contribution in [3.8, 4) is 5.75 Å². The smallest absolute Gasteiger partial charge is 0.286 e. The summed E-state index contributed by atoms with van der Waals surface area (Å²) in [6.07, 6.45) is 1.57. The van der Waals surface area contributed by atoms with Gasteiger partial charge in [-0.1, -0.05) is 27.5 Å². The molecule has 0 atom stereocenters. The van der Waals surface area contributed by atoms with Gasteiger partial charge < -0.3 is 20.8 Å². The molecule has 1 aromatic rings. The Morgan fingerprint density at radius 3 is 2.77 bits per heavy atom. The molecule has 0 aliphatic carbocycles. The van der Waals surface area contributed by atoms with Gasteiger partial charge in [0.2, 0.25) is 5.84 Å². The quantitative estimate of drug-likeness (QED) is 0.470. The normalized spacial score (nSPS) is 16.5. The third-order valence-corrected chi connectivity index (χ3v) is 4.17. The fourth-order valence-corrected chi connectivity index (χ4v) is 2.82. The highest BCUT2D eigenvalue weighted by atomic mass is 79.9. The molecule has 22 heavy (non-hydrogen) atoms. The molecule has 1 heterocycles. The first-order chi connectivity index (χ1) is 10.5. The van der Waals surface area contributed by atoms with Crippen LogP contribution in [-0.4, -0.2) is 42.9 Å². The molecule has 1 aromatic carbocycles. The van der Waals surface area contributed by atoms with Crippen molar-refractivity contribution in [2.45, 2.75) is 18.9 Å². The van der Waals surface area contributed by atoms with Crippen LogP contribution in [0.2, 0.25) is 5.02 Å². The van der Waals surface area contributed by atoms with Crippen LogP contribution in [0, 0.1) is 0 Å². The molecule has 3 N–H and O–H groups in total. The standard InChI is InChI=1S/C14H18BrClN4O2/c1-18-19-14(13(17)21)20-6-4-10(5-7-20)22-12-8-9(15)2-3-11(12)16/h2-3,8,10,18H,4-7H2,1H3,(H2,17,21)/b19-14+. The van der Waals surface area contributed by atoms with E-state index in [9.17, 15) is 4.79 Å². The Hall–Kier alpha value is -1.47. The first-order valence-corrected chi connectivity index (χ1v) is 8.09. The number of benzene rings is 1. The molecule has 6 nitrogen and oxygen atoms in total. The van der Waals surface area contributed by atoms with Gasteiger partial charge in [-0.25, -0.2) is 0 Å². The fourth-order valence-electron chi connectivity index (χ4n) is 2.32. The third kappa shape index (κ3) is 4.27. The number of primary amides is 1. The molecule has 0 saturated carbocycles. The van der Waals surface area contributed by atoms with Crippen molar-refractivity contribution in [2.75, 3.05) is 20.1 Å². The number of hydrogen-bond donors (Lipinski definition) is 2. The van der Waals surface area contributed by atoms with Crippen LogP contribution >= 0.6 is 27.5 Å². The summed E-state index contributed by atoms with van der Waals surface area (Å²) in [6, 6.07) is 5.51. The zero-order valence-corrected chi connectivity index (χ0v) is 14.5. The van der Waals surface area contributed by atoms with Crippen LogP contribution < -0.4 is 15.9 Å². The minimum absolute atomic E-state index is 0.0479. The molecule has 1 amide bonds. The summed E-state index contributed by atoms with van der Waals surface area (Å²) in [6.45, 7) is 1.31. The maximum Gasteiger partial charge on any atom is 0.286 e. The number of carbonyl (C=O) groups excluding carboxylic acids is 1. The van der Waals surface area contributed by atoms with Crippen molar-refractivity contribution in [3.05, 3.63) is 27.7 Å². The molecule has 1 saturated heterocycles. The SMILES string of the molecule is CN/N=C(\C(N)=O)N1CCC(Oc2cc(Br)ccc2Cl)CC1. The lowest BCUT2D eigenvalue weighted by molar-refractivity contribution is -0.112. The molecule has 120 valence electrons. The number of hydrazone groups is 1. The van der Waals surface area contributed by atoms with Crippen LogP contribution in [0.25, 0.3) is 0 Å². The average molecular weight is 390 g/mol. The number of likely N-dealkylation sites (tertiary alicyclic amines) is 1. The van der Waals surface area contributed by atoms with E-state index >= 15 is 0 Å². The summed E-state index contributed by atoms with van der Waals surface area (Å²) in [5.74, 6) is 0.374. The summed E-state index contributed by atoms with van der Waals surface area (Å²) in [5, 5.41) is 4.52. The lowest BCUT2D eigenvalue weighted by atomic mass is 10.1. The molecule has 0 unspecified atom stereocenters. The highest BCUT2D eigenvalue weighted by Crippen LogP contribution is 2.30. The van der Waals surface area contributed by atoms with E-state index in [4.69, 9.17) is 22.1 Å². The lowest BCUT2D eigenvalue weighted by Gasteiger charge is -2.33. The Kier molecular flexibility index (Phi) is 5.90. The lowest BCUT2D eigenvalue weighted by Crippen LogP contribution is -2.47.